The predicted molar refractivity (Wildman–Crippen MR) is 137 cm³/mol. The molecule has 1 fully saturated rings. The van der Waals surface area contributed by atoms with Gasteiger partial charge in [-0.1, -0.05) is 18.2 Å². The van der Waals surface area contributed by atoms with Gasteiger partial charge in [-0.2, -0.15) is 18.3 Å². The lowest BCUT2D eigenvalue weighted by Gasteiger charge is -2.31. The highest BCUT2D eigenvalue weighted by molar-refractivity contribution is 5.74. The van der Waals surface area contributed by atoms with Gasteiger partial charge in [-0.15, -0.1) is 0 Å². The van der Waals surface area contributed by atoms with E-state index in [1.165, 1.54) is 0 Å². The van der Waals surface area contributed by atoms with Crippen LogP contribution in [0.25, 0.3) is 16.8 Å². The molecule has 39 heavy (non-hydrogen) atoms. The van der Waals surface area contributed by atoms with Gasteiger partial charge in [-0.3, -0.25) is 9.88 Å². The molecule has 206 valence electrons. The van der Waals surface area contributed by atoms with Gasteiger partial charge >= 0.3 is 12.1 Å². The van der Waals surface area contributed by atoms with E-state index in [-0.39, 0.29) is 0 Å². The summed E-state index contributed by atoms with van der Waals surface area (Å²) in [7, 11) is 3.31. The number of para-hydroxylation sites is 1. The average molecular weight is 544 g/mol. The van der Waals surface area contributed by atoms with Crippen molar-refractivity contribution in [2.75, 3.05) is 27.3 Å². The number of likely N-dealkylation sites (tertiary alicyclic amines) is 1. The molecule has 1 atom stereocenters. The molecule has 1 saturated heterocycles. The Morgan fingerprint density at radius 1 is 1.10 bits per heavy atom. The second-order valence-electron chi connectivity index (χ2n) is 8.93. The Kier molecular flexibility index (Phi) is 8.65. The van der Waals surface area contributed by atoms with Gasteiger partial charge in [0.05, 0.1) is 19.9 Å². The van der Waals surface area contributed by atoms with Crippen LogP contribution in [0.15, 0.2) is 60.9 Å². The van der Waals surface area contributed by atoms with Crippen molar-refractivity contribution in [3.63, 3.8) is 0 Å². The number of ether oxygens (including phenoxy) is 2. The molecule has 0 bridgehead atoms. The van der Waals surface area contributed by atoms with Crippen LogP contribution in [-0.2, 0) is 11.3 Å². The van der Waals surface area contributed by atoms with Crippen molar-refractivity contribution in [3.05, 3.63) is 72.4 Å². The van der Waals surface area contributed by atoms with Crippen LogP contribution in [0.5, 0.6) is 11.5 Å². The van der Waals surface area contributed by atoms with Crippen LogP contribution in [0.2, 0.25) is 0 Å². The van der Waals surface area contributed by atoms with Crippen LogP contribution in [0.4, 0.5) is 13.2 Å². The second kappa shape index (κ2) is 12.1. The highest BCUT2D eigenvalue weighted by atomic mass is 19.4. The van der Waals surface area contributed by atoms with Crippen LogP contribution < -0.4 is 9.47 Å². The van der Waals surface area contributed by atoms with Crippen molar-refractivity contribution in [2.45, 2.75) is 31.5 Å². The zero-order chi connectivity index (χ0) is 28.0. The van der Waals surface area contributed by atoms with Crippen molar-refractivity contribution in [1.29, 1.82) is 0 Å². The SMILES string of the molecule is COc1cccc(-c2ccc3nc(C4CCCN(Cc5ccccn5)C4)nn3c2)c1OC.O=C(O)C(F)(F)F. The normalized spacial score (nSPS) is 15.9. The number of fused-ring (bicyclic) bond motifs is 1. The lowest BCUT2D eigenvalue weighted by molar-refractivity contribution is -0.192. The summed E-state index contributed by atoms with van der Waals surface area (Å²) >= 11 is 0. The third-order valence-electron chi connectivity index (χ3n) is 6.29. The number of hydrogen-bond donors (Lipinski definition) is 1. The molecule has 0 aliphatic carbocycles. The molecule has 1 N–H and O–H groups in total. The number of methoxy groups -OCH3 is 2. The first-order valence-corrected chi connectivity index (χ1v) is 12.2. The average Bonchev–Trinajstić information content (AvgIpc) is 3.37. The molecule has 0 spiro atoms. The first-order valence-electron chi connectivity index (χ1n) is 12.2. The number of pyridine rings is 2. The first-order chi connectivity index (χ1) is 18.7. The number of carbonyl (C=O) groups is 1. The quantitative estimate of drug-likeness (QED) is 0.369. The molecule has 0 amide bonds. The molecule has 3 aromatic heterocycles. The van der Waals surface area contributed by atoms with Gasteiger partial charge in [0, 0.05) is 42.5 Å². The van der Waals surface area contributed by atoms with Crippen molar-refractivity contribution < 1.29 is 32.5 Å². The maximum absolute atomic E-state index is 10.6. The number of hydrogen-bond acceptors (Lipinski definition) is 7. The largest absolute Gasteiger partial charge is 0.493 e. The summed E-state index contributed by atoms with van der Waals surface area (Å²) in [5.74, 6) is -0.105. The molecule has 4 heterocycles. The maximum atomic E-state index is 10.6. The number of piperidine rings is 1. The second-order valence-corrected chi connectivity index (χ2v) is 8.93. The summed E-state index contributed by atoms with van der Waals surface area (Å²) in [6, 6.07) is 16.0. The fourth-order valence-electron chi connectivity index (χ4n) is 4.48. The molecule has 9 nitrogen and oxygen atoms in total. The highest BCUT2D eigenvalue weighted by Gasteiger charge is 2.38. The Hall–Kier alpha value is -4.19. The Balaban J connectivity index is 0.000000448. The van der Waals surface area contributed by atoms with Gasteiger partial charge in [-0.05, 0) is 49.7 Å². The molecule has 0 saturated carbocycles. The first kappa shape index (κ1) is 27.8. The maximum Gasteiger partial charge on any atom is 0.490 e. The number of halogens is 3. The fraction of sp³-hybridized carbons (Fsp3) is 0.333. The zero-order valence-electron chi connectivity index (χ0n) is 21.4. The van der Waals surface area contributed by atoms with Crippen molar-refractivity contribution in [2.24, 2.45) is 0 Å². The van der Waals surface area contributed by atoms with Gasteiger partial charge < -0.3 is 14.6 Å². The van der Waals surface area contributed by atoms with E-state index < -0.39 is 12.1 Å². The molecule has 4 aromatic rings. The predicted octanol–water partition coefficient (Wildman–Crippen LogP) is 4.82. The van der Waals surface area contributed by atoms with Gasteiger partial charge in [0.2, 0.25) is 0 Å². The Bertz CT molecular complexity index is 1410. The van der Waals surface area contributed by atoms with E-state index in [0.717, 1.165) is 60.8 Å². The third-order valence-corrected chi connectivity index (χ3v) is 6.29. The summed E-state index contributed by atoms with van der Waals surface area (Å²) < 4.78 is 44.7. The van der Waals surface area contributed by atoms with E-state index in [4.69, 9.17) is 29.5 Å². The Morgan fingerprint density at radius 2 is 1.90 bits per heavy atom. The number of aliphatic carboxylic acids is 1. The minimum absolute atomic E-state index is 0.321. The van der Waals surface area contributed by atoms with E-state index >= 15 is 0 Å². The lowest BCUT2D eigenvalue weighted by Crippen LogP contribution is -2.34. The summed E-state index contributed by atoms with van der Waals surface area (Å²) in [6.07, 6.45) is 1.03. The minimum atomic E-state index is -5.08. The van der Waals surface area contributed by atoms with Gasteiger partial charge in [-0.25, -0.2) is 14.3 Å². The highest BCUT2D eigenvalue weighted by Crippen LogP contribution is 2.37. The smallest absolute Gasteiger partial charge is 0.490 e. The zero-order valence-corrected chi connectivity index (χ0v) is 21.4. The summed E-state index contributed by atoms with van der Waals surface area (Å²) in [6.45, 7) is 2.90. The molecule has 1 aromatic carbocycles. The van der Waals surface area contributed by atoms with Crippen LogP contribution in [-0.4, -0.2) is 69.0 Å². The number of carboxylic acids is 1. The van der Waals surface area contributed by atoms with Gasteiger partial charge in [0.25, 0.3) is 0 Å². The fourth-order valence-corrected chi connectivity index (χ4v) is 4.48. The molecule has 1 aliphatic rings. The number of benzene rings is 1. The van der Waals surface area contributed by atoms with E-state index in [1.54, 1.807) is 14.2 Å². The van der Waals surface area contributed by atoms with Crippen molar-refractivity contribution >= 4 is 11.6 Å². The topological polar surface area (TPSA) is 102 Å². The molecule has 1 unspecified atom stereocenters. The number of rotatable bonds is 6. The molecular weight excluding hydrogens is 515 g/mol. The molecule has 12 heteroatoms. The lowest BCUT2D eigenvalue weighted by atomic mass is 9.97. The number of aromatic nitrogens is 4. The van der Waals surface area contributed by atoms with Crippen molar-refractivity contribution in [1.82, 2.24) is 24.5 Å². The van der Waals surface area contributed by atoms with Crippen molar-refractivity contribution in [3.8, 4) is 22.6 Å². The van der Waals surface area contributed by atoms with Gasteiger partial charge in [0.1, 0.15) is 0 Å². The Morgan fingerprint density at radius 3 is 2.56 bits per heavy atom. The molecule has 5 rings (SSSR count). The summed E-state index contributed by atoms with van der Waals surface area (Å²) in [5, 5.41) is 12.0. The molecule has 0 radical (unpaired) electrons. The van der Waals surface area contributed by atoms with Gasteiger partial charge in [0.15, 0.2) is 23.0 Å². The van der Waals surface area contributed by atoms with Crippen LogP contribution in [0, 0.1) is 0 Å². The van der Waals surface area contributed by atoms with E-state index in [0.29, 0.717) is 17.4 Å². The summed E-state index contributed by atoms with van der Waals surface area (Å²) in [4.78, 5) is 20.7. The van der Waals surface area contributed by atoms with E-state index in [1.807, 2.05) is 53.3 Å². The van der Waals surface area contributed by atoms with Crippen LogP contribution >= 0.6 is 0 Å². The van der Waals surface area contributed by atoms with Crippen LogP contribution in [0.1, 0.15) is 30.3 Å². The van der Waals surface area contributed by atoms with Crippen LogP contribution in [0.3, 0.4) is 0 Å². The Labute approximate surface area is 222 Å². The third kappa shape index (κ3) is 6.82. The molecular formula is C27H28F3N5O4. The number of nitrogens with zero attached hydrogens (tertiary/aromatic N) is 5. The van der Waals surface area contributed by atoms with E-state index in [2.05, 4.69) is 22.0 Å². The monoisotopic (exact) mass is 543 g/mol. The number of carboxylic acid groups (broad SMARTS) is 1. The van der Waals surface area contributed by atoms with E-state index in [9.17, 15) is 13.2 Å². The minimum Gasteiger partial charge on any atom is -0.493 e. The summed E-state index contributed by atoms with van der Waals surface area (Å²) in [5.41, 5.74) is 3.93. The molecule has 1 aliphatic heterocycles. The number of alkyl halides is 3. The standard InChI is InChI=1S/C25H27N5O2.C2HF3O2/c1-31-22-10-5-9-21(24(22)32-2)18-11-12-23-27-25(28-30(23)16-18)19-7-6-14-29(15-19)17-20-8-3-4-13-26-20;3-2(4,5)1(6)7/h3-5,8-13,16,19H,6-7,14-15,17H2,1-2H3;(H,6,7).